The van der Waals surface area contributed by atoms with Crippen molar-refractivity contribution in [3.63, 3.8) is 0 Å². The molecule has 1 aliphatic heterocycles. The van der Waals surface area contributed by atoms with Crippen molar-refractivity contribution < 1.29 is 23.8 Å². The van der Waals surface area contributed by atoms with Gasteiger partial charge in [0.15, 0.2) is 23.8 Å². The number of rotatable bonds is 5. The van der Waals surface area contributed by atoms with E-state index in [1.165, 1.54) is 11.3 Å². The van der Waals surface area contributed by atoms with Crippen molar-refractivity contribution in [1.29, 1.82) is 0 Å². The molecule has 0 unspecified atom stereocenters. The number of amides is 1. The van der Waals surface area contributed by atoms with E-state index in [0.717, 1.165) is 5.56 Å². The van der Waals surface area contributed by atoms with Crippen LogP contribution in [0, 0.1) is 0 Å². The van der Waals surface area contributed by atoms with Crippen LogP contribution in [0.2, 0.25) is 0 Å². The van der Waals surface area contributed by atoms with E-state index < -0.39 is 18.5 Å². The fraction of sp³-hybridized carbons (Fsp3) is 0.105. The molecule has 0 aliphatic carbocycles. The molecule has 0 spiro atoms. The lowest BCUT2D eigenvalue weighted by Gasteiger charge is -2.06. The van der Waals surface area contributed by atoms with Crippen LogP contribution in [-0.2, 0) is 9.53 Å². The minimum absolute atomic E-state index is 0.156. The first kappa shape index (κ1) is 17.0. The zero-order valence-corrected chi connectivity index (χ0v) is 14.8. The average Bonchev–Trinajstić information content (AvgIpc) is 3.36. The number of esters is 1. The molecule has 27 heavy (non-hydrogen) atoms. The van der Waals surface area contributed by atoms with Gasteiger partial charge >= 0.3 is 5.97 Å². The zero-order chi connectivity index (χ0) is 18.6. The molecule has 7 nitrogen and oxygen atoms in total. The van der Waals surface area contributed by atoms with Crippen LogP contribution < -0.4 is 14.8 Å². The first-order valence-corrected chi connectivity index (χ1v) is 8.94. The van der Waals surface area contributed by atoms with Gasteiger partial charge in [-0.15, -0.1) is 11.3 Å². The lowest BCUT2D eigenvalue weighted by atomic mass is 10.2. The summed E-state index contributed by atoms with van der Waals surface area (Å²) in [5.74, 6) is 0.0767. The Morgan fingerprint density at radius 2 is 1.93 bits per heavy atom. The Hall–Kier alpha value is -3.39. The molecule has 8 heteroatoms. The van der Waals surface area contributed by atoms with Gasteiger partial charge in [0, 0.05) is 22.7 Å². The van der Waals surface area contributed by atoms with Crippen molar-refractivity contribution in [3.8, 4) is 22.1 Å². The maximum absolute atomic E-state index is 12.1. The molecule has 0 atom stereocenters. The molecule has 3 aromatic rings. The molecule has 136 valence electrons. The summed E-state index contributed by atoms with van der Waals surface area (Å²) in [5.41, 5.74) is 1.62. The topological polar surface area (TPSA) is 86.8 Å². The molecule has 0 bridgehead atoms. The number of carbonyl (C=O) groups excluding carboxylic acids is 2. The molecule has 4 rings (SSSR count). The van der Waals surface area contributed by atoms with Crippen molar-refractivity contribution in [1.82, 2.24) is 4.98 Å². The monoisotopic (exact) mass is 382 g/mol. The van der Waals surface area contributed by atoms with Gasteiger partial charge in [-0.3, -0.25) is 4.79 Å². The summed E-state index contributed by atoms with van der Waals surface area (Å²) < 4.78 is 15.5. The number of nitrogens with one attached hydrogen (secondary N) is 1. The number of benzene rings is 2. The van der Waals surface area contributed by atoms with Crippen LogP contribution >= 0.6 is 11.3 Å². The van der Waals surface area contributed by atoms with Crippen molar-refractivity contribution in [2.24, 2.45) is 0 Å². The summed E-state index contributed by atoms with van der Waals surface area (Å²) in [6.45, 7) is -0.256. The van der Waals surface area contributed by atoms with E-state index in [4.69, 9.17) is 14.2 Å². The summed E-state index contributed by atoms with van der Waals surface area (Å²) in [7, 11) is 0. The van der Waals surface area contributed by atoms with E-state index in [1.807, 2.05) is 30.3 Å². The number of anilines is 1. The Morgan fingerprint density at radius 3 is 2.78 bits per heavy atom. The fourth-order valence-corrected chi connectivity index (χ4v) is 3.25. The van der Waals surface area contributed by atoms with Crippen molar-refractivity contribution in [3.05, 3.63) is 59.6 Å². The molecule has 1 amide bonds. The Bertz CT molecular complexity index is 987. The van der Waals surface area contributed by atoms with Gasteiger partial charge in [-0.05, 0) is 12.1 Å². The second kappa shape index (κ2) is 7.46. The van der Waals surface area contributed by atoms with Crippen molar-refractivity contribution in [2.45, 2.75) is 0 Å². The van der Waals surface area contributed by atoms with Gasteiger partial charge in [-0.2, -0.15) is 0 Å². The average molecular weight is 382 g/mol. The molecule has 0 saturated carbocycles. The molecule has 1 N–H and O–H groups in total. The minimum atomic E-state index is -0.644. The number of ether oxygens (including phenoxy) is 3. The van der Waals surface area contributed by atoms with Crippen LogP contribution in [0.1, 0.15) is 10.5 Å². The highest BCUT2D eigenvalue weighted by Gasteiger charge is 2.17. The number of hydrogen-bond donors (Lipinski definition) is 1. The first-order chi connectivity index (χ1) is 13.2. The Balaban J connectivity index is 1.32. The molecule has 2 heterocycles. The van der Waals surface area contributed by atoms with Gasteiger partial charge in [0.1, 0.15) is 5.01 Å². The largest absolute Gasteiger partial charge is 0.454 e. The lowest BCUT2D eigenvalue weighted by Crippen LogP contribution is -2.21. The molecule has 0 fully saturated rings. The van der Waals surface area contributed by atoms with E-state index in [-0.39, 0.29) is 12.5 Å². The van der Waals surface area contributed by atoms with Gasteiger partial charge in [0.25, 0.3) is 5.91 Å². The predicted octanol–water partition coefficient (Wildman–Crippen LogP) is 3.33. The van der Waals surface area contributed by atoms with Gasteiger partial charge in [-0.1, -0.05) is 30.3 Å². The smallest absolute Gasteiger partial charge is 0.358 e. The highest BCUT2D eigenvalue weighted by Crippen LogP contribution is 2.34. The van der Waals surface area contributed by atoms with Crippen LogP contribution in [0.5, 0.6) is 11.5 Å². The van der Waals surface area contributed by atoms with E-state index in [2.05, 4.69) is 10.3 Å². The van der Waals surface area contributed by atoms with Gasteiger partial charge in [0.2, 0.25) is 6.79 Å². The third kappa shape index (κ3) is 3.90. The van der Waals surface area contributed by atoms with Crippen molar-refractivity contribution >= 4 is 28.9 Å². The fourth-order valence-electron chi connectivity index (χ4n) is 2.46. The highest BCUT2D eigenvalue weighted by molar-refractivity contribution is 7.13. The SMILES string of the molecule is O=C(COC(=O)c1csc(-c2ccccc2)n1)Nc1ccc2c(c1)OCO2. The van der Waals surface area contributed by atoms with E-state index in [1.54, 1.807) is 23.6 Å². The van der Waals surface area contributed by atoms with Gasteiger partial charge < -0.3 is 19.5 Å². The molecule has 1 aliphatic rings. The van der Waals surface area contributed by atoms with Crippen LogP contribution in [-0.4, -0.2) is 30.3 Å². The molecule has 1 aromatic heterocycles. The second-order valence-electron chi connectivity index (χ2n) is 5.60. The summed E-state index contributed by atoms with van der Waals surface area (Å²) >= 11 is 1.34. The Labute approximate surface area is 158 Å². The number of aromatic nitrogens is 1. The van der Waals surface area contributed by atoms with Gasteiger partial charge in [0.05, 0.1) is 0 Å². The quantitative estimate of drug-likeness (QED) is 0.681. The maximum Gasteiger partial charge on any atom is 0.358 e. The minimum Gasteiger partial charge on any atom is -0.454 e. The molecule has 0 radical (unpaired) electrons. The third-order valence-corrected chi connectivity index (χ3v) is 4.62. The van der Waals surface area contributed by atoms with Gasteiger partial charge in [-0.25, -0.2) is 9.78 Å². The summed E-state index contributed by atoms with van der Waals surface area (Å²) in [6.07, 6.45) is 0. The summed E-state index contributed by atoms with van der Waals surface area (Å²) in [6, 6.07) is 14.5. The Kier molecular flexibility index (Phi) is 4.71. The molecule has 0 saturated heterocycles. The summed E-state index contributed by atoms with van der Waals surface area (Å²) in [4.78, 5) is 28.4. The molecular weight excluding hydrogens is 368 g/mol. The van der Waals surface area contributed by atoms with E-state index in [9.17, 15) is 9.59 Å². The Morgan fingerprint density at radius 1 is 1.11 bits per heavy atom. The molecular formula is C19H14N2O5S. The van der Waals surface area contributed by atoms with E-state index >= 15 is 0 Å². The lowest BCUT2D eigenvalue weighted by molar-refractivity contribution is -0.119. The zero-order valence-electron chi connectivity index (χ0n) is 14.0. The number of hydrogen-bond acceptors (Lipinski definition) is 7. The van der Waals surface area contributed by atoms with E-state index in [0.29, 0.717) is 22.2 Å². The predicted molar refractivity (Wildman–Crippen MR) is 99.0 cm³/mol. The van der Waals surface area contributed by atoms with Crippen LogP contribution in [0.25, 0.3) is 10.6 Å². The second-order valence-corrected chi connectivity index (χ2v) is 6.45. The van der Waals surface area contributed by atoms with Crippen LogP contribution in [0.15, 0.2) is 53.9 Å². The first-order valence-electron chi connectivity index (χ1n) is 8.06. The van der Waals surface area contributed by atoms with Crippen molar-refractivity contribution in [2.75, 3.05) is 18.7 Å². The number of thiazole rings is 1. The highest BCUT2D eigenvalue weighted by atomic mass is 32.1. The third-order valence-electron chi connectivity index (χ3n) is 3.72. The normalized spacial score (nSPS) is 11.9. The van der Waals surface area contributed by atoms with Crippen LogP contribution in [0.4, 0.5) is 5.69 Å². The number of carbonyl (C=O) groups is 2. The maximum atomic E-state index is 12.1. The number of nitrogens with zero attached hydrogens (tertiary/aromatic N) is 1. The summed E-state index contributed by atoms with van der Waals surface area (Å²) in [5, 5.41) is 4.97. The number of fused-ring (bicyclic) bond motifs is 1. The molecule has 2 aromatic carbocycles. The standard InChI is InChI=1S/C19H14N2O5S/c22-17(20-13-6-7-15-16(8-13)26-11-25-15)9-24-19(23)14-10-27-18(21-14)12-4-2-1-3-5-12/h1-8,10H,9,11H2,(H,20,22). The van der Waals surface area contributed by atoms with Crippen LogP contribution in [0.3, 0.4) is 0 Å².